The Hall–Kier alpha value is -2.10. The summed E-state index contributed by atoms with van der Waals surface area (Å²) in [6.07, 6.45) is 1.25. The average molecular weight is 314 g/mol. The minimum atomic E-state index is -0.955. The first kappa shape index (κ1) is 15.8. The fourth-order valence-corrected chi connectivity index (χ4v) is 4.11. The van der Waals surface area contributed by atoms with E-state index in [2.05, 4.69) is 6.92 Å². The number of benzene rings is 1. The number of carbonyl (C=O) groups excluding carboxylic acids is 2. The van der Waals surface area contributed by atoms with E-state index in [0.717, 1.165) is 17.6 Å². The van der Waals surface area contributed by atoms with E-state index in [-0.39, 0.29) is 17.5 Å². The third kappa shape index (κ3) is 1.97. The SMILES string of the molecule is COc1cc2c(cc1OC)[C@@H]1CC(C)=C(C)C[C@]1(C(C)=O)C2=O. The fourth-order valence-electron chi connectivity index (χ4n) is 4.11. The van der Waals surface area contributed by atoms with Crippen LogP contribution in [0.2, 0.25) is 0 Å². The largest absolute Gasteiger partial charge is 0.493 e. The summed E-state index contributed by atoms with van der Waals surface area (Å²) in [5.41, 5.74) is 2.97. The molecule has 1 aromatic rings. The van der Waals surface area contributed by atoms with Crippen molar-refractivity contribution in [1.82, 2.24) is 0 Å². The van der Waals surface area contributed by atoms with Gasteiger partial charge in [0.2, 0.25) is 0 Å². The third-order valence-electron chi connectivity index (χ3n) is 5.59. The zero-order chi connectivity index (χ0) is 16.9. The number of fused-ring (bicyclic) bond motifs is 3. The van der Waals surface area contributed by atoms with Crippen LogP contribution < -0.4 is 9.47 Å². The number of allylic oxidation sites excluding steroid dienone is 2. The topological polar surface area (TPSA) is 52.6 Å². The maximum absolute atomic E-state index is 13.2. The molecule has 2 aliphatic carbocycles. The molecule has 0 fully saturated rings. The molecule has 0 N–H and O–H groups in total. The number of hydrogen-bond donors (Lipinski definition) is 0. The van der Waals surface area contributed by atoms with Crippen molar-refractivity contribution in [2.45, 2.75) is 39.5 Å². The summed E-state index contributed by atoms with van der Waals surface area (Å²) in [5, 5.41) is 0. The first-order chi connectivity index (χ1) is 10.9. The summed E-state index contributed by atoms with van der Waals surface area (Å²) in [6, 6.07) is 3.60. The van der Waals surface area contributed by atoms with Crippen LogP contribution in [0.25, 0.3) is 0 Å². The molecule has 0 spiro atoms. The number of ether oxygens (including phenoxy) is 2. The highest BCUT2D eigenvalue weighted by molar-refractivity contribution is 6.19. The Morgan fingerprint density at radius 2 is 1.74 bits per heavy atom. The number of carbonyl (C=O) groups is 2. The molecule has 0 heterocycles. The Morgan fingerprint density at radius 3 is 2.30 bits per heavy atom. The second-order valence-corrected chi connectivity index (χ2v) is 6.65. The summed E-state index contributed by atoms with van der Waals surface area (Å²) in [6.45, 7) is 5.65. The summed E-state index contributed by atoms with van der Waals surface area (Å²) >= 11 is 0. The van der Waals surface area contributed by atoms with Crippen LogP contribution in [0.1, 0.15) is 55.5 Å². The van der Waals surface area contributed by atoms with Crippen molar-refractivity contribution in [2.24, 2.45) is 5.41 Å². The van der Waals surface area contributed by atoms with E-state index in [1.165, 1.54) is 5.57 Å². The molecule has 0 amide bonds. The van der Waals surface area contributed by atoms with E-state index in [1.54, 1.807) is 27.2 Å². The van der Waals surface area contributed by atoms with Gasteiger partial charge in [-0.1, -0.05) is 11.1 Å². The van der Waals surface area contributed by atoms with Crippen molar-refractivity contribution >= 4 is 11.6 Å². The monoisotopic (exact) mass is 314 g/mol. The lowest BCUT2D eigenvalue weighted by Crippen LogP contribution is -2.41. The van der Waals surface area contributed by atoms with E-state index in [9.17, 15) is 9.59 Å². The van der Waals surface area contributed by atoms with Gasteiger partial charge in [0.15, 0.2) is 17.3 Å². The minimum Gasteiger partial charge on any atom is -0.493 e. The lowest BCUT2D eigenvalue weighted by Gasteiger charge is -2.37. The lowest BCUT2D eigenvalue weighted by molar-refractivity contribution is -0.125. The average Bonchev–Trinajstić information content (AvgIpc) is 2.76. The van der Waals surface area contributed by atoms with Crippen molar-refractivity contribution in [1.29, 1.82) is 0 Å². The molecule has 3 rings (SSSR count). The van der Waals surface area contributed by atoms with Crippen molar-refractivity contribution in [2.75, 3.05) is 14.2 Å². The van der Waals surface area contributed by atoms with Crippen LogP contribution in [0.3, 0.4) is 0 Å². The predicted molar refractivity (Wildman–Crippen MR) is 87.3 cm³/mol. The molecule has 0 saturated heterocycles. The van der Waals surface area contributed by atoms with Crippen LogP contribution in [-0.4, -0.2) is 25.8 Å². The maximum Gasteiger partial charge on any atom is 0.177 e. The number of hydrogen-bond acceptors (Lipinski definition) is 4. The highest BCUT2D eigenvalue weighted by Gasteiger charge is 2.58. The fraction of sp³-hybridized carbons (Fsp3) is 0.474. The van der Waals surface area contributed by atoms with Crippen molar-refractivity contribution in [3.05, 3.63) is 34.4 Å². The van der Waals surface area contributed by atoms with E-state index in [1.807, 2.05) is 13.0 Å². The summed E-state index contributed by atoms with van der Waals surface area (Å²) < 4.78 is 10.7. The Bertz CT molecular complexity index is 744. The van der Waals surface area contributed by atoms with Crippen LogP contribution in [0.15, 0.2) is 23.3 Å². The zero-order valence-electron chi connectivity index (χ0n) is 14.3. The van der Waals surface area contributed by atoms with E-state index >= 15 is 0 Å². The molecule has 0 aliphatic heterocycles. The number of rotatable bonds is 3. The molecule has 0 radical (unpaired) electrons. The molecular weight excluding hydrogens is 292 g/mol. The summed E-state index contributed by atoms with van der Waals surface area (Å²) in [5.74, 6) is 0.901. The molecule has 0 aromatic heterocycles. The van der Waals surface area contributed by atoms with Gasteiger partial charge in [-0.25, -0.2) is 0 Å². The molecule has 0 unspecified atom stereocenters. The molecule has 2 atom stereocenters. The van der Waals surface area contributed by atoms with E-state index in [0.29, 0.717) is 23.5 Å². The third-order valence-corrected chi connectivity index (χ3v) is 5.59. The Morgan fingerprint density at radius 1 is 1.13 bits per heavy atom. The highest BCUT2D eigenvalue weighted by Crippen LogP contribution is 2.58. The first-order valence-corrected chi connectivity index (χ1v) is 7.83. The molecule has 2 aliphatic rings. The molecular formula is C19H22O4. The van der Waals surface area contributed by atoms with Gasteiger partial charge in [0.25, 0.3) is 0 Å². The Kier molecular flexibility index (Phi) is 3.58. The van der Waals surface area contributed by atoms with Crippen LogP contribution in [0.5, 0.6) is 11.5 Å². The van der Waals surface area contributed by atoms with Gasteiger partial charge in [-0.3, -0.25) is 9.59 Å². The van der Waals surface area contributed by atoms with Gasteiger partial charge in [-0.05, 0) is 51.3 Å². The molecule has 1 aromatic carbocycles. The number of methoxy groups -OCH3 is 2. The van der Waals surface area contributed by atoms with Crippen LogP contribution in [-0.2, 0) is 4.79 Å². The highest BCUT2D eigenvalue weighted by atomic mass is 16.5. The first-order valence-electron chi connectivity index (χ1n) is 7.83. The van der Waals surface area contributed by atoms with Crippen LogP contribution >= 0.6 is 0 Å². The smallest absolute Gasteiger partial charge is 0.177 e. The standard InChI is InChI=1S/C19H22O4/c1-10-6-15-13-7-16(22-4)17(23-5)8-14(13)18(21)19(15,12(3)20)9-11(10)2/h7-8,15H,6,9H2,1-5H3/t15-,19+/m0/s1. The van der Waals surface area contributed by atoms with Gasteiger partial charge in [-0.2, -0.15) is 0 Å². The normalized spacial score (nSPS) is 26.0. The van der Waals surface area contributed by atoms with Gasteiger partial charge < -0.3 is 9.47 Å². The van der Waals surface area contributed by atoms with Gasteiger partial charge in [0, 0.05) is 11.5 Å². The Labute approximate surface area is 136 Å². The summed E-state index contributed by atoms with van der Waals surface area (Å²) in [4.78, 5) is 25.7. The van der Waals surface area contributed by atoms with Gasteiger partial charge >= 0.3 is 0 Å². The number of ketones is 2. The molecule has 0 bridgehead atoms. The van der Waals surface area contributed by atoms with Gasteiger partial charge in [0.1, 0.15) is 11.2 Å². The van der Waals surface area contributed by atoms with Gasteiger partial charge in [-0.15, -0.1) is 0 Å². The number of Topliss-reactive ketones (excluding diaryl/α,β-unsaturated/α-hetero) is 2. The van der Waals surface area contributed by atoms with E-state index in [4.69, 9.17) is 9.47 Å². The second-order valence-electron chi connectivity index (χ2n) is 6.65. The zero-order valence-corrected chi connectivity index (χ0v) is 14.3. The molecule has 122 valence electrons. The molecule has 0 saturated carbocycles. The molecule has 4 nitrogen and oxygen atoms in total. The molecule has 23 heavy (non-hydrogen) atoms. The Balaban J connectivity index is 2.25. The van der Waals surface area contributed by atoms with E-state index < -0.39 is 5.41 Å². The quantitative estimate of drug-likeness (QED) is 0.631. The van der Waals surface area contributed by atoms with Gasteiger partial charge in [0.05, 0.1) is 14.2 Å². The van der Waals surface area contributed by atoms with Crippen LogP contribution in [0, 0.1) is 5.41 Å². The van der Waals surface area contributed by atoms with Crippen molar-refractivity contribution in [3.63, 3.8) is 0 Å². The maximum atomic E-state index is 13.2. The lowest BCUT2D eigenvalue weighted by atomic mass is 9.63. The van der Waals surface area contributed by atoms with Crippen molar-refractivity contribution < 1.29 is 19.1 Å². The second kappa shape index (κ2) is 5.22. The molecule has 4 heteroatoms. The minimum absolute atomic E-state index is 0.0477. The van der Waals surface area contributed by atoms with Crippen molar-refractivity contribution in [3.8, 4) is 11.5 Å². The van der Waals surface area contributed by atoms with Crippen LogP contribution in [0.4, 0.5) is 0 Å². The summed E-state index contributed by atoms with van der Waals surface area (Å²) in [7, 11) is 3.13. The predicted octanol–water partition coefficient (Wildman–Crippen LogP) is 3.69.